The van der Waals surface area contributed by atoms with Crippen molar-refractivity contribution in [2.24, 2.45) is 5.92 Å². The number of likely N-dealkylation sites (N-methyl/N-ethyl adjacent to an activating group) is 1. The Morgan fingerprint density at radius 1 is 1.14 bits per heavy atom. The van der Waals surface area contributed by atoms with E-state index in [0.29, 0.717) is 19.0 Å². The molecule has 6 heteroatoms. The lowest BCUT2D eigenvalue weighted by atomic mass is 10.1. The van der Waals surface area contributed by atoms with Crippen molar-refractivity contribution in [2.45, 2.75) is 52.0 Å². The molecule has 6 nitrogen and oxygen atoms in total. The number of rotatable bonds is 5. The van der Waals surface area contributed by atoms with Gasteiger partial charge in [0.05, 0.1) is 5.92 Å². The van der Waals surface area contributed by atoms with Gasteiger partial charge in [0.1, 0.15) is 0 Å². The molecule has 3 fully saturated rings. The fraction of sp³-hybridized carbons (Fsp3) is 0.652. The summed E-state index contributed by atoms with van der Waals surface area (Å²) in [5, 5.41) is 3.09. The van der Waals surface area contributed by atoms with E-state index in [2.05, 4.69) is 34.2 Å². The van der Waals surface area contributed by atoms with Gasteiger partial charge in [0.2, 0.25) is 11.8 Å². The maximum absolute atomic E-state index is 12.8. The number of hydrogen-bond donors (Lipinski definition) is 1. The van der Waals surface area contributed by atoms with Gasteiger partial charge in [0.25, 0.3) is 0 Å². The second-order valence-corrected chi connectivity index (χ2v) is 8.80. The molecule has 1 aliphatic carbocycles. The summed E-state index contributed by atoms with van der Waals surface area (Å²) in [5.41, 5.74) is 3.16. The lowest BCUT2D eigenvalue weighted by molar-refractivity contribution is -0.129. The van der Waals surface area contributed by atoms with Crippen LogP contribution in [0.1, 0.15) is 44.6 Å². The molecule has 4 rings (SSSR count). The molecule has 1 atom stereocenters. The molecule has 2 aliphatic heterocycles. The minimum absolute atomic E-state index is 0.0220. The summed E-state index contributed by atoms with van der Waals surface area (Å²) < 4.78 is 0. The smallest absolute Gasteiger partial charge is 0.229 e. The van der Waals surface area contributed by atoms with E-state index in [1.165, 1.54) is 18.5 Å². The van der Waals surface area contributed by atoms with Crippen LogP contribution in [-0.2, 0) is 9.59 Å². The molecule has 1 saturated carbocycles. The third kappa shape index (κ3) is 4.42. The predicted molar refractivity (Wildman–Crippen MR) is 116 cm³/mol. The number of amides is 2. The zero-order chi connectivity index (χ0) is 20.4. The first kappa shape index (κ1) is 20.2. The summed E-state index contributed by atoms with van der Waals surface area (Å²) in [6.45, 7) is 10.2. The number of carbonyl (C=O) groups excluding carboxylic acids is 2. The molecule has 1 unspecified atom stereocenters. The Hall–Kier alpha value is -2.08. The van der Waals surface area contributed by atoms with Crippen molar-refractivity contribution >= 4 is 23.2 Å². The molecule has 1 aromatic rings. The molecular weight excluding hydrogens is 364 g/mol. The van der Waals surface area contributed by atoms with Gasteiger partial charge in [-0.1, -0.05) is 19.8 Å². The van der Waals surface area contributed by atoms with Crippen LogP contribution in [-0.4, -0.2) is 66.9 Å². The molecule has 2 amide bonds. The molecule has 2 saturated heterocycles. The highest BCUT2D eigenvalue weighted by Crippen LogP contribution is 2.30. The number of aryl methyl sites for hydroxylation is 1. The van der Waals surface area contributed by atoms with Crippen molar-refractivity contribution in [1.29, 1.82) is 0 Å². The van der Waals surface area contributed by atoms with Gasteiger partial charge < -0.3 is 20.0 Å². The van der Waals surface area contributed by atoms with Crippen LogP contribution < -0.4 is 10.2 Å². The number of anilines is 2. The number of nitrogens with zero attached hydrogens (tertiary/aromatic N) is 3. The fourth-order valence-electron chi connectivity index (χ4n) is 5.02. The molecule has 3 aliphatic rings. The molecule has 0 bridgehead atoms. The lowest BCUT2D eigenvalue weighted by Crippen LogP contribution is -2.46. The van der Waals surface area contributed by atoms with Crippen LogP contribution in [0.5, 0.6) is 0 Å². The minimum Gasteiger partial charge on any atom is -0.369 e. The number of likely N-dealkylation sites (tertiary alicyclic amines) is 1. The third-order valence-electron chi connectivity index (χ3n) is 6.95. The van der Waals surface area contributed by atoms with Gasteiger partial charge in [-0.25, -0.2) is 0 Å². The van der Waals surface area contributed by atoms with E-state index >= 15 is 0 Å². The molecule has 1 N–H and O–H groups in total. The quantitative estimate of drug-likeness (QED) is 0.829. The first-order chi connectivity index (χ1) is 14.0. The summed E-state index contributed by atoms with van der Waals surface area (Å²) in [4.78, 5) is 32.1. The Labute approximate surface area is 174 Å². The highest BCUT2D eigenvalue weighted by Gasteiger charge is 2.38. The topological polar surface area (TPSA) is 55.9 Å². The van der Waals surface area contributed by atoms with E-state index < -0.39 is 0 Å². The average Bonchev–Trinajstić information content (AvgIpc) is 3.39. The molecular formula is C23H34N4O2. The van der Waals surface area contributed by atoms with Gasteiger partial charge in [0.15, 0.2) is 0 Å². The van der Waals surface area contributed by atoms with E-state index in [0.717, 1.165) is 56.8 Å². The van der Waals surface area contributed by atoms with Crippen LogP contribution in [0, 0.1) is 12.8 Å². The Morgan fingerprint density at radius 2 is 1.86 bits per heavy atom. The van der Waals surface area contributed by atoms with Gasteiger partial charge in [-0.2, -0.15) is 0 Å². The monoisotopic (exact) mass is 398 g/mol. The van der Waals surface area contributed by atoms with Gasteiger partial charge in [-0.05, 0) is 50.1 Å². The second kappa shape index (κ2) is 8.74. The zero-order valence-corrected chi connectivity index (χ0v) is 17.8. The van der Waals surface area contributed by atoms with Gasteiger partial charge in [0, 0.05) is 56.6 Å². The van der Waals surface area contributed by atoms with E-state index in [4.69, 9.17) is 0 Å². The first-order valence-electron chi connectivity index (χ1n) is 11.2. The Kier molecular flexibility index (Phi) is 6.09. The maximum Gasteiger partial charge on any atom is 0.229 e. The van der Waals surface area contributed by atoms with E-state index in [1.807, 2.05) is 17.9 Å². The zero-order valence-electron chi connectivity index (χ0n) is 17.8. The predicted octanol–water partition coefficient (Wildman–Crippen LogP) is 2.87. The van der Waals surface area contributed by atoms with E-state index in [9.17, 15) is 9.59 Å². The molecule has 0 spiro atoms. The molecule has 0 radical (unpaired) electrons. The lowest BCUT2D eigenvalue weighted by Gasteiger charge is -2.35. The van der Waals surface area contributed by atoms with Crippen LogP contribution in [0.25, 0.3) is 0 Å². The van der Waals surface area contributed by atoms with Crippen molar-refractivity contribution < 1.29 is 9.59 Å². The number of nitrogens with one attached hydrogen (secondary N) is 1. The highest BCUT2D eigenvalue weighted by atomic mass is 16.2. The van der Waals surface area contributed by atoms with Crippen LogP contribution in [0.15, 0.2) is 18.2 Å². The largest absolute Gasteiger partial charge is 0.369 e. The summed E-state index contributed by atoms with van der Waals surface area (Å²) in [7, 11) is 0. The molecule has 1 aromatic carbocycles. The fourth-order valence-corrected chi connectivity index (χ4v) is 5.02. The van der Waals surface area contributed by atoms with Crippen molar-refractivity contribution in [2.75, 3.05) is 49.5 Å². The maximum atomic E-state index is 12.8. The normalized spacial score (nSPS) is 23.8. The Morgan fingerprint density at radius 3 is 2.52 bits per heavy atom. The summed E-state index contributed by atoms with van der Waals surface area (Å²) in [6.07, 6.45) is 4.93. The third-order valence-corrected chi connectivity index (χ3v) is 6.95. The van der Waals surface area contributed by atoms with Crippen molar-refractivity contribution in [3.8, 4) is 0 Å². The first-order valence-corrected chi connectivity index (χ1v) is 11.2. The van der Waals surface area contributed by atoms with Crippen molar-refractivity contribution in [1.82, 2.24) is 9.80 Å². The van der Waals surface area contributed by atoms with Gasteiger partial charge in [-0.15, -0.1) is 0 Å². The van der Waals surface area contributed by atoms with Crippen molar-refractivity contribution in [3.63, 3.8) is 0 Å². The number of hydrogen-bond acceptors (Lipinski definition) is 4. The van der Waals surface area contributed by atoms with Gasteiger partial charge in [-0.3, -0.25) is 9.59 Å². The number of benzene rings is 1. The SMILES string of the molecule is CCN1CCN(c2ccc(NC(=O)C3CC(=O)N(C4CCCC4)C3)c(C)c2)CC1. The summed E-state index contributed by atoms with van der Waals surface area (Å²) >= 11 is 0. The van der Waals surface area contributed by atoms with E-state index in [1.54, 1.807) is 0 Å². The molecule has 0 aromatic heterocycles. The second-order valence-electron chi connectivity index (χ2n) is 8.80. The average molecular weight is 399 g/mol. The van der Waals surface area contributed by atoms with Crippen LogP contribution in [0.3, 0.4) is 0 Å². The van der Waals surface area contributed by atoms with Crippen LogP contribution >= 0.6 is 0 Å². The minimum atomic E-state index is -0.232. The molecule has 2 heterocycles. The van der Waals surface area contributed by atoms with Gasteiger partial charge >= 0.3 is 0 Å². The van der Waals surface area contributed by atoms with Crippen LogP contribution in [0.4, 0.5) is 11.4 Å². The summed E-state index contributed by atoms with van der Waals surface area (Å²) in [5.74, 6) is -0.106. The number of piperazine rings is 1. The Bertz CT molecular complexity index is 751. The Balaban J connectivity index is 1.35. The molecule has 29 heavy (non-hydrogen) atoms. The van der Waals surface area contributed by atoms with Crippen LogP contribution in [0.2, 0.25) is 0 Å². The van der Waals surface area contributed by atoms with E-state index in [-0.39, 0.29) is 17.7 Å². The standard InChI is InChI=1S/C23H34N4O2/c1-3-25-10-12-26(13-11-25)20-8-9-21(17(2)14-20)24-23(29)18-15-22(28)27(16-18)19-6-4-5-7-19/h8-9,14,18-19H,3-7,10-13,15-16H2,1-2H3,(H,24,29). The molecule has 158 valence electrons. The van der Waals surface area contributed by atoms with Crippen molar-refractivity contribution in [3.05, 3.63) is 23.8 Å². The summed E-state index contributed by atoms with van der Waals surface area (Å²) in [6, 6.07) is 6.64. The highest BCUT2D eigenvalue weighted by molar-refractivity contribution is 5.97. The number of carbonyl (C=O) groups is 2.